The number of rotatable bonds is 10. The van der Waals surface area contributed by atoms with Gasteiger partial charge in [0.2, 0.25) is 0 Å². The first kappa shape index (κ1) is 32.7. The van der Waals surface area contributed by atoms with Crippen molar-refractivity contribution in [3.05, 3.63) is 106 Å². The van der Waals surface area contributed by atoms with E-state index in [2.05, 4.69) is 38.3 Å². The summed E-state index contributed by atoms with van der Waals surface area (Å²) in [5, 5.41) is 10.8. The summed E-state index contributed by atoms with van der Waals surface area (Å²) >= 11 is 0. The Kier molecular flexibility index (Phi) is 8.68. The number of pyridine rings is 1. The molecule has 1 saturated heterocycles. The second kappa shape index (κ2) is 13.3. The number of carbonyl (C=O) groups excluding carboxylic acids is 2. The number of likely N-dealkylation sites (N-methyl/N-ethyl adjacent to an activating group) is 1. The summed E-state index contributed by atoms with van der Waals surface area (Å²) in [5.74, 6) is 0.227. The van der Waals surface area contributed by atoms with Crippen LogP contribution in [-0.2, 0) is 25.4 Å². The Labute approximate surface area is 288 Å². The van der Waals surface area contributed by atoms with Gasteiger partial charge in [0.15, 0.2) is 11.5 Å². The predicted octanol–water partition coefficient (Wildman–Crippen LogP) is 4.85. The van der Waals surface area contributed by atoms with Crippen molar-refractivity contribution in [3.63, 3.8) is 0 Å². The summed E-state index contributed by atoms with van der Waals surface area (Å²) in [7, 11) is 5.42. The van der Waals surface area contributed by atoms with Crippen molar-refractivity contribution in [1.82, 2.24) is 29.0 Å². The van der Waals surface area contributed by atoms with Gasteiger partial charge in [0.1, 0.15) is 5.76 Å². The Balaban J connectivity index is 1.22. The van der Waals surface area contributed by atoms with Crippen molar-refractivity contribution < 1.29 is 18.8 Å². The van der Waals surface area contributed by atoms with Gasteiger partial charge in [0.05, 0.1) is 23.8 Å². The molecule has 1 aliphatic rings. The third kappa shape index (κ3) is 6.48. The average molecular weight is 675 g/mol. The van der Waals surface area contributed by atoms with Gasteiger partial charge in [-0.05, 0) is 62.4 Å². The van der Waals surface area contributed by atoms with Gasteiger partial charge >= 0.3 is 0 Å². The number of anilines is 2. The van der Waals surface area contributed by atoms with Crippen molar-refractivity contribution in [2.45, 2.75) is 26.5 Å². The summed E-state index contributed by atoms with van der Waals surface area (Å²) in [6, 6.07) is 20.2. The molecular formula is C37H38N8O5. The van der Waals surface area contributed by atoms with Gasteiger partial charge in [-0.25, -0.2) is 4.98 Å². The van der Waals surface area contributed by atoms with Crippen molar-refractivity contribution in [3.8, 4) is 22.4 Å². The van der Waals surface area contributed by atoms with E-state index in [4.69, 9.17) is 14.2 Å². The second-order valence-electron chi connectivity index (χ2n) is 12.7. The normalized spacial score (nSPS) is 13.5. The molecule has 0 aliphatic carbocycles. The van der Waals surface area contributed by atoms with Crippen LogP contribution >= 0.6 is 0 Å². The van der Waals surface area contributed by atoms with Crippen LogP contribution in [0.5, 0.6) is 0 Å². The zero-order valence-electron chi connectivity index (χ0n) is 28.6. The third-order valence-corrected chi connectivity index (χ3v) is 8.85. The molecule has 0 radical (unpaired) electrons. The number of aromatic nitrogens is 5. The molecule has 0 atom stereocenters. The molecule has 1 aliphatic heterocycles. The zero-order valence-corrected chi connectivity index (χ0v) is 28.6. The van der Waals surface area contributed by atoms with E-state index in [1.54, 1.807) is 62.2 Å². The standard InChI is InChI=1S/C37H38N8O5/c1-22-17-27-19-30(24-9-11-25(12-10-24)32-23(2)50-44(5)37(32)48)45(15-16-49-29-20-42(3)21-29)34(27)33(38-22)36(47)39-28-8-6-7-26(18-28)35(46)40-31-13-14-43(4)41-31/h6-14,17-19,29H,15-16,20-21H2,1-5H3,(H,39,47)(H,40,41,46). The molecular weight excluding hydrogens is 636 g/mol. The van der Waals surface area contributed by atoms with Gasteiger partial charge < -0.3 is 29.4 Å². The molecule has 256 valence electrons. The van der Waals surface area contributed by atoms with Crippen LogP contribution in [0.25, 0.3) is 33.3 Å². The average Bonchev–Trinajstić information content (AvgIpc) is 3.73. The molecule has 0 saturated carbocycles. The Morgan fingerprint density at radius 1 is 0.940 bits per heavy atom. The van der Waals surface area contributed by atoms with E-state index in [9.17, 15) is 14.4 Å². The topological polar surface area (TPSA) is 141 Å². The molecule has 4 aromatic heterocycles. The summed E-state index contributed by atoms with van der Waals surface area (Å²) < 4.78 is 16.6. The summed E-state index contributed by atoms with van der Waals surface area (Å²) in [5.41, 5.74) is 5.31. The number of amides is 2. The number of nitrogens with zero attached hydrogens (tertiary/aromatic N) is 6. The molecule has 0 spiro atoms. The number of hydrogen-bond donors (Lipinski definition) is 2. The summed E-state index contributed by atoms with van der Waals surface area (Å²) in [6.45, 7) is 6.31. The van der Waals surface area contributed by atoms with Gasteiger partial charge in [-0.2, -0.15) is 9.84 Å². The maximum Gasteiger partial charge on any atom is 0.290 e. The fraction of sp³-hybridized carbons (Fsp3) is 0.270. The minimum absolute atomic E-state index is 0.163. The number of aryl methyl sites for hydroxylation is 4. The van der Waals surface area contributed by atoms with E-state index in [0.29, 0.717) is 52.8 Å². The van der Waals surface area contributed by atoms with Crippen molar-refractivity contribution in [2.75, 3.05) is 37.4 Å². The number of benzene rings is 2. The van der Waals surface area contributed by atoms with E-state index in [0.717, 1.165) is 35.3 Å². The van der Waals surface area contributed by atoms with Crippen molar-refractivity contribution >= 4 is 34.2 Å². The molecule has 5 heterocycles. The minimum Gasteiger partial charge on any atom is -0.381 e. The van der Waals surface area contributed by atoms with E-state index in [1.165, 1.54) is 4.74 Å². The van der Waals surface area contributed by atoms with E-state index >= 15 is 0 Å². The highest BCUT2D eigenvalue weighted by Gasteiger charge is 2.25. The van der Waals surface area contributed by atoms with Crippen LogP contribution in [0.4, 0.5) is 11.5 Å². The molecule has 50 heavy (non-hydrogen) atoms. The summed E-state index contributed by atoms with van der Waals surface area (Å²) in [4.78, 5) is 46.6. The quantitative estimate of drug-likeness (QED) is 0.210. The van der Waals surface area contributed by atoms with Crippen molar-refractivity contribution in [1.29, 1.82) is 0 Å². The first-order valence-electron chi connectivity index (χ1n) is 16.3. The molecule has 2 aromatic carbocycles. The Hall–Kier alpha value is -5.79. The molecule has 6 aromatic rings. The highest BCUT2D eigenvalue weighted by molar-refractivity contribution is 6.12. The number of ether oxygens (including phenoxy) is 1. The monoisotopic (exact) mass is 674 g/mol. The van der Waals surface area contributed by atoms with Crippen LogP contribution in [0.3, 0.4) is 0 Å². The SMILES string of the molecule is Cc1cc2cc(-c3ccc(-c4c(C)on(C)c4=O)cc3)n(CCOC3CN(C)C3)c2c(C(=O)Nc2cccc(C(=O)Nc3ccn(C)n3)c2)n1. The van der Waals surface area contributed by atoms with Gasteiger partial charge in [-0.3, -0.25) is 19.1 Å². The van der Waals surface area contributed by atoms with Crippen LogP contribution in [-0.4, -0.2) is 73.6 Å². The fourth-order valence-electron chi connectivity index (χ4n) is 6.45. The Morgan fingerprint density at radius 3 is 2.38 bits per heavy atom. The van der Waals surface area contributed by atoms with Gasteiger partial charge in [0.25, 0.3) is 17.4 Å². The second-order valence-corrected chi connectivity index (χ2v) is 12.7. The summed E-state index contributed by atoms with van der Waals surface area (Å²) in [6.07, 6.45) is 1.90. The minimum atomic E-state index is -0.407. The Morgan fingerprint density at radius 2 is 1.70 bits per heavy atom. The van der Waals surface area contributed by atoms with Gasteiger partial charge in [0, 0.05) is 74.0 Å². The molecule has 2 N–H and O–H groups in total. The van der Waals surface area contributed by atoms with Crippen LogP contribution in [0.15, 0.2) is 82.2 Å². The lowest BCUT2D eigenvalue weighted by molar-refractivity contribution is -0.0452. The molecule has 7 rings (SSSR count). The molecule has 0 unspecified atom stereocenters. The number of likely N-dealkylation sites (tertiary alicyclic amines) is 1. The zero-order chi connectivity index (χ0) is 35.1. The largest absolute Gasteiger partial charge is 0.381 e. The first-order valence-corrected chi connectivity index (χ1v) is 16.3. The van der Waals surface area contributed by atoms with E-state index < -0.39 is 5.91 Å². The lowest BCUT2D eigenvalue weighted by atomic mass is 10.0. The third-order valence-electron chi connectivity index (χ3n) is 8.85. The van der Waals surface area contributed by atoms with Crippen LogP contribution < -0.4 is 16.2 Å². The van der Waals surface area contributed by atoms with Gasteiger partial charge in [-0.1, -0.05) is 30.3 Å². The van der Waals surface area contributed by atoms with E-state index in [-0.39, 0.29) is 23.3 Å². The number of nitrogens with one attached hydrogen (secondary N) is 2. The fourth-order valence-corrected chi connectivity index (χ4v) is 6.45. The van der Waals surface area contributed by atoms with Crippen LogP contribution in [0, 0.1) is 13.8 Å². The van der Waals surface area contributed by atoms with Crippen molar-refractivity contribution in [2.24, 2.45) is 14.1 Å². The first-order chi connectivity index (χ1) is 24.0. The van der Waals surface area contributed by atoms with Crippen LogP contribution in [0.1, 0.15) is 32.3 Å². The molecule has 2 amide bonds. The smallest absolute Gasteiger partial charge is 0.290 e. The maximum atomic E-state index is 14.0. The number of hydrogen-bond acceptors (Lipinski definition) is 8. The highest BCUT2D eigenvalue weighted by Crippen LogP contribution is 2.33. The molecule has 13 heteroatoms. The van der Waals surface area contributed by atoms with E-state index in [1.807, 2.05) is 37.3 Å². The van der Waals surface area contributed by atoms with Gasteiger partial charge in [-0.15, -0.1) is 0 Å². The molecule has 13 nitrogen and oxygen atoms in total. The lowest BCUT2D eigenvalue weighted by Crippen LogP contribution is -2.49. The number of carbonyl (C=O) groups is 2. The molecule has 0 bridgehead atoms. The maximum absolute atomic E-state index is 14.0. The Bertz CT molecular complexity index is 2290. The number of fused-ring (bicyclic) bond motifs is 1. The highest BCUT2D eigenvalue weighted by atomic mass is 16.5. The van der Waals surface area contributed by atoms with Crippen LogP contribution in [0.2, 0.25) is 0 Å². The molecule has 1 fully saturated rings. The lowest BCUT2D eigenvalue weighted by Gasteiger charge is -2.35. The predicted molar refractivity (Wildman–Crippen MR) is 190 cm³/mol.